The van der Waals surface area contributed by atoms with E-state index in [0.29, 0.717) is 10.7 Å². The highest BCUT2D eigenvalue weighted by atomic mass is 35.5. The first-order chi connectivity index (χ1) is 10.4. The predicted molar refractivity (Wildman–Crippen MR) is 89.3 cm³/mol. The van der Waals surface area contributed by atoms with Crippen LogP contribution in [0.3, 0.4) is 0 Å². The number of nitrogens with two attached hydrogens (primary N) is 1. The third-order valence-corrected chi connectivity index (χ3v) is 4.38. The van der Waals surface area contributed by atoms with Crippen LogP contribution in [0.25, 0.3) is 0 Å². The number of aromatic nitrogens is 1. The third kappa shape index (κ3) is 4.19. The molecule has 1 aromatic heterocycles. The van der Waals surface area contributed by atoms with Crippen molar-refractivity contribution in [3.05, 3.63) is 39.3 Å². The average molecular weight is 340 g/mol. The SMILES string of the molecule is CC(C)C(N)c1nc(CC(=O)Nc2cc(Cl)ccc2O)cs1. The van der Waals surface area contributed by atoms with Gasteiger partial charge in [-0.05, 0) is 24.1 Å². The van der Waals surface area contributed by atoms with Crippen LogP contribution in [0, 0.1) is 5.92 Å². The van der Waals surface area contributed by atoms with Gasteiger partial charge in [0.1, 0.15) is 10.8 Å². The maximum absolute atomic E-state index is 12.0. The first kappa shape index (κ1) is 16.7. The van der Waals surface area contributed by atoms with Crippen molar-refractivity contribution >= 4 is 34.5 Å². The fraction of sp³-hybridized carbons (Fsp3) is 0.333. The summed E-state index contributed by atoms with van der Waals surface area (Å²) >= 11 is 7.29. The molecule has 5 nitrogen and oxygen atoms in total. The van der Waals surface area contributed by atoms with Crippen LogP contribution in [0.4, 0.5) is 5.69 Å². The average Bonchev–Trinajstić information content (AvgIpc) is 2.90. The summed E-state index contributed by atoms with van der Waals surface area (Å²) in [6, 6.07) is 4.35. The summed E-state index contributed by atoms with van der Waals surface area (Å²) in [5.41, 5.74) is 6.99. The van der Waals surface area contributed by atoms with Gasteiger partial charge in [0.15, 0.2) is 0 Å². The molecule has 0 aliphatic heterocycles. The molecular formula is C15H18ClN3O2S. The Hall–Kier alpha value is -1.63. The fourth-order valence-electron chi connectivity index (χ4n) is 1.81. The monoisotopic (exact) mass is 339 g/mol. The number of nitrogens with one attached hydrogen (secondary N) is 1. The molecule has 1 unspecified atom stereocenters. The van der Waals surface area contributed by atoms with Crippen molar-refractivity contribution in [2.45, 2.75) is 26.3 Å². The maximum atomic E-state index is 12.0. The zero-order valence-corrected chi connectivity index (χ0v) is 13.9. The number of halogens is 1. The molecule has 1 atom stereocenters. The summed E-state index contributed by atoms with van der Waals surface area (Å²) in [5, 5.41) is 15.4. The summed E-state index contributed by atoms with van der Waals surface area (Å²) in [4.78, 5) is 16.4. The third-order valence-electron chi connectivity index (χ3n) is 3.15. The number of hydrogen-bond acceptors (Lipinski definition) is 5. The lowest BCUT2D eigenvalue weighted by Crippen LogP contribution is -2.17. The van der Waals surface area contributed by atoms with E-state index >= 15 is 0 Å². The van der Waals surface area contributed by atoms with Gasteiger partial charge in [-0.15, -0.1) is 11.3 Å². The highest BCUT2D eigenvalue weighted by Gasteiger charge is 2.16. The second-order valence-corrected chi connectivity index (χ2v) is 6.66. The first-order valence-electron chi connectivity index (χ1n) is 6.85. The smallest absolute Gasteiger partial charge is 0.230 e. The zero-order valence-electron chi connectivity index (χ0n) is 12.3. The van der Waals surface area contributed by atoms with Crippen LogP contribution < -0.4 is 11.1 Å². The number of anilines is 1. The normalized spacial score (nSPS) is 12.4. The largest absolute Gasteiger partial charge is 0.506 e. The van der Waals surface area contributed by atoms with E-state index in [1.807, 2.05) is 19.2 Å². The summed E-state index contributed by atoms with van der Waals surface area (Å²) in [7, 11) is 0. The zero-order chi connectivity index (χ0) is 16.3. The van der Waals surface area contributed by atoms with Gasteiger partial charge in [0.05, 0.1) is 23.8 Å². The Morgan fingerprint density at radius 1 is 1.50 bits per heavy atom. The second-order valence-electron chi connectivity index (χ2n) is 5.33. The lowest BCUT2D eigenvalue weighted by molar-refractivity contribution is -0.115. The lowest BCUT2D eigenvalue weighted by Gasteiger charge is -2.11. The van der Waals surface area contributed by atoms with E-state index in [4.69, 9.17) is 17.3 Å². The van der Waals surface area contributed by atoms with E-state index in [9.17, 15) is 9.90 Å². The Morgan fingerprint density at radius 2 is 2.23 bits per heavy atom. The Bertz CT molecular complexity index is 673. The quantitative estimate of drug-likeness (QED) is 0.729. The minimum absolute atomic E-state index is 0.0291. The van der Waals surface area contributed by atoms with E-state index in [-0.39, 0.29) is 35.7 Å². The van der Waals surface area contributed by atoms with Gasteiger partial charge in [-0.1, -0.05) is 25.4 Å². The standard InChI is InChI=1S/C15H18ClN3O2S/c1-8(2)14(17)15-18-10(7-22-15)6-13(21)19-11-5-9(16)3-4-12(11)20/h3-5,7-8,14,20H,6,17H2,1-2H3,(H,19,21). The van der Waals surface area contributed by atoms with Crippen LogP contribution in [0.1, 0.15) is 30.6 Å². The van der Waals surface area contributed by atoms with Crippen LogP contribution in [0.15, 0.2) is 23.6 Å². The Morgan fingerprint density at radius 3 is 2.91 bits per heavy atom. The first-order valence-corrected chi connectivity index (χ1v) is 8.11. The molecular weight excluding hydrogens is 322 g/mol. The highest BCUT2D eigenvalue weighted by molar-refractivity contribution is 7.09. The number of aromatic hydroxyl groups is 1. The number of phenolic OH excluding ortho intramolecular Hbond substituents is 1. The van der Waals surface area contributed by atoms with E-state index in [1.165, 1.54) is 23.5 Å². The molecule has 7 heteroatoms. The predicted octanol–water partition coefficient (Wildman–Crippen LogP) is 3.34. The molecule has 2 aromatic rings. The van der Waals surface area contributed by atoms with Crippen LogP contribution in [0.2, 0.25) is 5.02 Å². The van der Waals surface area contributed by atoms with Gasteiger partial charge in [0.2, 0.25) is 5.91 Å². The molecule has 1 aromatic carbocycles. The number of benzene rings is 1. The van der Waals surface area contributed by atoms with Crippen molar-refractivity contribution in [2.75, 3.05) is 5.32 Å². The molecule has 118 valence electrons. The second kappa shape index (κ2) is 7.09. The molecule has 0 aliphatic carbocycles. The minimum Gasteiger partial charge on any atom is -0.506 e. The molecule has 1 heterocycles. The molecule has 0 bridgehead atoms. The molecule has 0 aliphatic rings. The molecule has 0 fully saturated rings. The topological polar surface area (TPSA) is 88.2 Å². The number of nitrogens with zero attached hydrogens (tertiary/aromatic N) is 1. The Balaban J connectivity index is 2.02. The van der Waals surface area contributed by atoms with E-state index in [0.717, 1.165) is 5.01 Å². The molecule has 22 heavy (non-hydrogen) atoms. The van der Waals surface area contributed by atoms with Crippen LogP contribution in [-0.4, -0.2) is 16.0 Å². The number of rotatable bonds is 5. The van der Waals surface area contributed by atoms with Gasteiger partial charge < -0.3 is 16.2 Å². The molecule has 0 saturated carbocycles. The summed E-state index contributed by atoms with van der Waals surface area (Å²) in [6.07, 6.45) is 0.118. The highest BCUT2D eigenvalue weighted by Crippen LogP contribution is 2.27. The minimum atomic E-state index is -0.271. The summed E-state index contributed by atoms with van der Waals surface area (Å²) in [6.45, 7) is 4.06. The van der Waals surface area contributed by atoms with Crippen LogP contribution in [-0.2, 0) is 11.2 Å². The number of carbonyl (C=O) groups excluding carboxylic acids is 1. The van der Waals surface area contributed by atoms with E-state index < -0.39 is 0 Å². The lowest BCUT2D eigenvalue weighted by atomic mass is 10.1. The molecule has 2 rings (SSSR count). The molecule has 0 saturated heterocycles. The van der Waals surface area contributed by atoms with Crippen molar-refractivity contribution in [3.8, 4) is 5.75 Å². The van der Waals surface area contributed by atoms with Gasteiger partial charge in [-0.3, -0.25) is 4.79 Å². The van der Waals surface area contributed by atoms with E-state index in [2.05, 4.69) is 10.3 Å². The van der Waals surface area contributed by atoms with Crippen molar-refractivity contribution in [1.82, 2.24) is 4.98 Å². The summed E-state index contributed by atoms with van der Waals surface area (Å²) in [5.74, 6) is -0.0117. The molecule has 0 spiro atoms. The Labute approximate surface area is 138 Å². The van der Waals surface area contributed by atoms with Gasteiger partial charge in [0.25, 0.3) is 0 Å². The molecule has 1 amide bonds. The van der Waals surface area contributed by atoms with Crippen molar-refractivity contribution in [3.63, 3.8) is 0 Å². The molecule has 4 N–H and O–H groups in total. The van der Waals surface area contributed by atoms with Crippen LogP contribution >= 0.6 is 22.9 Å². The number of carbonyl (C=O) groups is 1. The summed E-state index contributed by atoms with van der Waals surface area (Å²) < 4.78 is 0. The molecule has 0 radical (unpaired) electrons. The maximum Gasteiger partial charge on any atom is 0.230 e. The number of thiazole rings is 1. The van der Waals surface area contributed by atoms with Crippen molar-refractivity contribution in [2.24, 2.45) is 11.7 Å². The number of phenols is 1. The van der Waals surface area contributed by atoms with Crippen LogP contribution in [0.5, 0.6) is 5.75 Å². The van der Waals surface area contributed by atoms with Gasteiger partial charge in [0, 0.05) is 10.4 Å². The Kier molecular flexibility index (Phi) is 5.39. The number of hydrogen-bond donors (Lipinski definition) is 3. The van der Waals surface area contributed by atoms with Crippen molar-refractivity contribution in [1.29, 1.82) is 0 Å². The van der Waals surface area contributed by atoms with Gasteiger partial charge in [-0.25, -0.2) is 4.98 Å². The van der Waals surface area contributed by atoms with Crippen molar-refractivity contribution < 1.29 is 9.90 Å². The fourth-order valence-corrected chi connectivity index (χ4v) is 2.97. The number of amides is 1. The van der Waals surface area contributed by atoms with Gasteiger partial charge in [-0.2, -0.15) is 0 Å². The van der Waals surface area contributed by atoms with Gasteiger partial charge >= 0.3 is 0 Å². The van der Waals surface area contributed by atoms with E-state index in [1.54, 1.807) is 6.07 Å².